The van der Waals surface area contributed by atoms with Crippen molar-refractivity contribution in [2.45, 2.75) is 20.4 Å². The van der Waals surface area contributed by atoms with Crippen LogP contribution in [-0.4, -0.2) is 32.1 Å². The molecule has 0 saturated heterocycles. The molecule has 0 radical (unpaired) electrons. The Bertz CT molecular complexity index is 1290. The van der Waals surface area contributed by atoms with Gasteiger partial charge in [-0.1, -0.05) is 29.8 Å². The summed E-state index contributed by atoms with van der Waals surface area (Å²) in [6.45, 7) is 3.97. The molecule has 0 fully saturated rings. The quantitative estimate of drug-likeness (QED) is 0.456. The number of ether oxygens (including phenoxy) is 1. The summed E-state index contributed by atoms with van der Waals surface area (Å²) >= 11 is 5.69. The number of rotatable bonds is 6. The van der Waals surface area contributed by atoms with Crippen LogP contribution in [0.5, 0.6) is 5.75 Å². The fourth-order valence-corrected chi connectivity index (χ4v) is 3.73. The molecule has 158 valence electrons. The molecule has 0 aliphatic heterocycles. The van der Waals surface area contributed by atoms with Crippen molar-refractivity contribution in [3.8, 4) is 17.1 Å². The number of aromatic nitrogens is 4. The van der Waals surface area contributed by atoms with Crippen molar-refractivity contribution in [1.82, 2.24) is 19.1 Å². The number of nitrogens with one attached hydrogen (secondary N) is 1. The van der Waals surface area contributed by atoms with E-state index in [-0.39, 0.29) is 12.5 Å². The Morgan fingerprint density at radius 3 is 2.55 bits per heavy atom. The first kappa shape index (κ1) is 20.6. The predicted molar refractivity (Wildman–Crippen MR) is 123 cm³/mol. The monoisotopic (exact) mass is 433 g/mol. The maximum atomic E-state index is 12.8. The molecular weight excluding hydrogens is 410 g/mol. The van der Waals surface area contributed by atoms with Crippen molar-refractivity contribution in [2.75, 3.05) is 12.4 Å². The molecule has 2 heterocycles. The maximum Gasteiger partial charge on any atom is 0.246 e. The molecule has 4 aromatic rings. The van der Waals surface area contributed by atoms with E-state index in [1.165, 1.54) is 4.68 Å². The zero-order valence-electron chi connectivity index (χ0n) is 17.6. The van der Waals surface area contributed by atoms with Gasteiger partial charge in [0.1, 0.15) is 12.3 Å². The Morgan fingerprint density at radius 2 is 1.84 bits per heavy atom. The van der Waals surface area contributed by atoms with E-state index in [0.29, 0.717) is 16.3 Å². The Morgan fingerprint density at radius 1 is 1.10 bits per heavy atom. The molecule has 0 bridgehead atoms. The van der Waals surface area contributed by atoms with E-state index in [9.17, 15) is 4.79 Å². The number of carbonyl (C=O) groups excluding carboxylic acids is 1. The van der Waals surface area contributed by atoms with Crippen LogP contribution in [0.3, 0.4) is 0 Å². The van der Waals surface area contributed by atoms with Gasteiger partial charge in [0.2, 0.25) is 10.7 Å². The summed E-state index contributed by atoms with van der Waals surface area (Å²) in [4.78, 5) is 12.8. The molecule has 31 heavy (non-hydrogen) atoms. The van der Waals surface area contributed by atoms with E-state index in [4.69, 9.17) is 17.0 Å². The van der Waals surface area contributed by atoms with Crippen molar-refractivity contribution in [2.24, 2.45) is 0 Å². The number of hydrogen-bond donors (Lipinski definition) is 1. The third-order valence-corrected chi connectivity index (χ3v) is 5.32. The van der Waals surface area contributed by atoms with Gasteiger partial charge in [-0.2, -0.15) is 0 Å². The average Bonchev–Trinajstić information content (AvgIpc) is 3.38. The van der Waals surface area contributed by atoms with Crippen LogP contribution in [0.4, 0.5) is 5.69 Å². The van der Waals surface area contributed by atoms with Gasteiger partial charge in [-0.25, -0.2) is 9.36 Å². The highest BCUT2D eigenvalue weighted by molar-refractivity contribution is 7.71. The Balaban J connectivity index is 1.72. The van der Waals surface area contributed by atoms with E-state index in [0.717, 1.165) is 22.4 Å². The second kappa shape index (κ2) is 8.61. The fraction of sp³-hybridized carbons (Fsp3) is 0.174. The van der Waals surface area contributed by atoms with Crippen LogP contribution in [0.2, 0.25) is 0 Å². The van der Waals surface area contributed by atoms with Crippen LogP contribution < -0.4 is 10.1 Å². The molecule has 0 spiro atoms. The van der Waals surface area contributed by atoms with Crippen LogP contribution in [0, 0.1) is 18.6 Å². The summed E-state index contributed by atoms with van der Waals surface area (Å²) in [6.07, 6.45) is 3.74. The number of carbonyl (C=O) groups is 1. The van der Waals surface area contributed by atoms with Crippen molar-refractivity contribution in [1.29, 1.82) is 0 Å². The maximum absolute atomic E-state index is 12.8. The van der Waals surface area contributed by atoms with Crippen LogP contribution in [0.25, 0.3) is 11.4 Å². The molecule has 0 unspecified atom stereocenters. The second-order valence-electron chi connectivity index (χ2n) is 7.21. The van der Waals surface area contributed by atoms with Crippen LogP contribution >= 0.6 is 12.2 Å². The predicted octanol–water partition coefficient (Wildman–Crippen LogP) is 4.46. The number of amides is 1. The van der Waals surface area contributed by atoms with E-state index in [1.54, 1.807) is 11.8 Å². The van der Waals surface area contributed by atoms with E-state index < -0.39 is 0 Å². The summed E-state index contributed by atoms with van der Waals surface area (Å²) in [5, 5.41) is 7.63. The summed E-state index contributed by atoms with van der Waals surface area (Å²) in [6, 6.07) is 17.3. The lowest BCUT2D eigenvalue weighted by atomic mass is 10.1. The minimum absolute atomic E-state index is 0.0113. The number of para-hydroxylation sites is 1. The van der Waals surface area contributed by atoms with Gasteiger partial charge >= 0.3 is 0 Å². The summed E-state index contributed by atoms with van der Waals surface area (Å²) < 4.78 is 11.0. The molecule has 1 N–H and O–H groups in total. The topological polar surface area (TPSA) is 66.0 Å². The van der Waals surface area contributed by atoms with Crippen molar-refractivity contribution in [3.63, 3.8) is 0 Å². The molecule has 0 aliphatic rings. The first-order valence-electron chi connectivity index (χ1n) is 9.82. The minimum atomic E-state index is -0.202. The summed E-state index contributed by atoms with van der Waals surface area (Å²) in [5.41, 5.74) is 3.70. The number of methoxy groups -OCH3 is 1. The van der Waals surface area contributed by atoms with Gasteiger partial charge in [0.25, 0.3) is 0 Å². The van der Waals surface area contributed by atoms with E-state index >= 15 is 0 Å². The van der Waals surface area contributed by atoms with Gasteiger partial charge < -0.3 is 10.1 Å². The molecule has 1 amide bonds. The molecule has 4 rings (SSSR count). The van der Waals surface area contributed by atoms with Crippen molar-refractivity contribution in [3.05, 3.63) is 82.9 Å². The van der Waals surface area contributed by atoms with Gasteiger partial charge in [-0.15, -0.1) is 5.10 Å². The summed E-state index contributed by atoms with van der Waals surface area (Å²) in [7, 11) is 1.61. The lowest BCUT2D eigenvalue weighted by molar-refractivity contribution is -0.116. The zero-order chi connectivity index (χ0) is 22.0. The largest absolute Gasteiger partial charge is 0.496 e. The number of nitrogens with zero attached hydrogens (tertiary/aromatic N) is 4. The van der Waals surface area contributed by atoms with E-state index in [2.05, 4.69) is 10.4 Å². The Kier molecular flexibility index (Phi) is 5.73. The Hall–Kier alpha value is -3.65. The molecule has 7 nitrogen and oxygen atoms in total. The molecule has 0 saturated carbocycles. The number of anilines is 1. The molecule has 0 aliphatic carbocycles. The van der Waals surface area contributed by atoms with Gasteiger partial charge in [-0.3, -0.25) is 9.47 Å². The van der Waals surface area contributed by atoms with Gasteiger partial charge in [-0.05, 0) is 62.0 Å². The van der Waals surface area contributed by atoms with Crippen molar-refractivity contribution < 1.29 is 9.53 Å². The highest BCUT2D eigenvalue weighted by atomic mass is 32.1. The van der Waals surface area contributed by atoms with E-state index in [1.807, 2.05) is 85.5 Å². The number of hydrogen-bond acceptors (Lipinski definition) is 4. The number of benzene rings is 2. The molecule has 2 aromatic heterocycles. The fourth-order valence-electron chi connectivity index (χ4n) is 3.45. The van der Waals surface area contributed by atoms with Crippen LogP contribution in [0.15, 0.2) is 67.0 Å². The van der Waals surface area contributed by atoms with Crippen LogP contribution in [-0.2, 0) is 11.3 Å². The average molecular weight is 434 g/mol. The number of aryl methyl sites for hydroxylation is 2. The highest BCUT2D eigenvalue weighted by Crippen LogP contribution is 2.29. The smallest absolute Gasteiger partial charge is 0.246 e. The first-order chi connectivity index (χ1) is 15.0. The van der Waals surface area contributed by atoms with Gasteiger partial charge in [0, 0.05) is 18.1 Å². The molecule has 8 heteroatoms. The van der Waals surface area contributed by atoms with Gasteiger partial charge in [0.15, 0.2) is 5.82 Å². The third-order valence-electron chi connectivity index (χ3n) is 4.93. The molecular formula is C23H23N5O2S. The lowest BCUT2D eigenvalue weighted by Crippen LogP contribution is -2.20. The second-order valence-corrected chi connectivity index (χ2v) is 7.57. The highest BCUT2D eigenvalue weighted by Gasteiger charge is 2.19. The lowest BCUT2D eigenvalue weighted by Gasteiger charge is -2.10. The molecule has 0 atom stereocenters. The normalized spacial score (nSPS) is 10.8. The first-order valence-corrected chi connectivity index (χ1v) is 10.2. The molecule has 2 aromatic carbocycles. The zero-order valence-corrected chi connectivity index (χ0v) is 18.4. The van der Waals surface area contributed by atoms with Gasteiger partial charge in [0.05, 0.1) is 12.7 Å². The van der Waals surface area contributed by atoms with Crippen LogP contribution in [0.1, 0.15) is 11.1 Å². The standard InChI is InChI=1S/C23H23N5O2S/c1-16-10-11-19(17(2)14-16)24-21(29)15-27-23(31)28(26-12-6-7-13-26)22(25-27)18-8-4-5-9-20(18)30-3/h4-14H,15H2,1-3H3,(H,24,29). The summed E-state index contributed by atoms with van der Waals surface area (Å²) in [5.74, 6) is 1.05. The SMILES string of the molecule is COc1ccccc1-c1nn(CC(=O)Nc2ccc(C)cc2C)c(=S)n1-n1cccc1. The minimum Gasteiger partial charge on any atom is -0.496 e. The van der Waals surface area contributed by atoms with Crippen molar-refractivity contribution >= 4 is 23.8 Å². The Labute approximate surface area is 185 Å². The third kappa shape index (κ3) is 4.15.